The molecule has 0 radical (unpaired) electrons. The van der Waals surface area contributed by atoms with Gasteiger partial charge in [0.15, 0.2) is 0 Å². The number of carbonyl (C=O) groups is 2. The van der Waals surface area contributed by atoms with Crippen LogP contribution in [0.1, 0.15) is 55.7 Å². The smallest absolute Gasteiger partial charge is 0.233 e. The molecule has 2 heterocycles. The third-order valence-corrected chi connectivity index (χ3v) is 8.57. The highest BCUT2D eigenvalue weighted by atomic mass is 16.5. The van der Waals surface area contributed by atoms with E-state index in [0.717, 1.165) is 53.7 Å². The molecule has 0 spiro atoms. The minimum Gasteiger partial charge on any atom is -0.507 e. The van der Waals surface area contributed by atoms with Gasteiger partial charge in [-0.25, -0.2) is 0 Å². The number of ether oxygens (including phenoxy) is 2. The molecule has 6 heteroatoms. The Balaban J connectivity index is 1.40. The number of carbonyl (C=O) groups excluding carboxylic acids is 2. The van der Waals surface area contributed by atoms with Crippen LogP contribution in [0.5, 0.6) is 11.5 Å². The molecule has 4 atom stereocenters. The van der Waals surface area contributed by atoms with Gasteiger partial charge in [0.2, 0.25) is 11.8 Å². The fourth-order valence-electron chi connectivity index (χ4n) is 6.67. The zero-order valence-corrected chi connectivity index (χ0v) is 23.4. The van der Waals surface area contributed by atoms with Crippen LogP contribution < -0.4 is 4.74 Å². The van der Waals surface area contributed by atoms with E-state index in [-0.39, 0.29) is 35.7 Å². The normalized spacial score (nSPS) is 24.8. The maximum atomic E-state index is 13.1. The molecule has 2 aromatic rings. The predicted octanol–water partition coefficient (Wildman–Crippen LogP) is 6.00. The Morgan fingerprint density at radius 2 is 1.79 bits per heavy atom. The second-order valence-corrected chi connectivity index (χ2v) is 11.3. The number of fused-ring (bicyclic) bond motifs is 3. The van der Waals surface area contributed by atoms with E-state index < -0.39 is 0 Å². The van der Waals surface area contributed by atoms with Crippen molar-refractivity contribution >= 4 is 17.9 Å². The number of aromatic hydroxyl groups is 1. The van der Waals surface area contributed by atoms with Gasteiger partial charge < -0.3 is 14.6 Å². The minimum absolute atomic E-state index is 0.0782. The number of phenols is 1. The number of para-hydroxylation sites is 1. The Kier molecular flexibility index (Phi) is 7.94. The molecule has 2 saturated heterocycles. The number of amides is 2. The van der Waals surface area contributed by atoms with Crippen molar-refractivity contribution in [3.63, 3.8) is 0 Å². The second kappa shape index (κ2) is 11.4. The van der Waals surface area contributed by atoms with Gasteiger partial charge in [0.25, 0.3) is 0 Å². The molecule has 5 rings (SSSR count). The number of hydrogen-bond acceptors (Lipinski definition) is 5. The Labute approximate surface area is 231 Å². The van der Waals surface area contributed by atoms with Crippen molar-refractivity contribution in [2.45, 2.75) is 59.0 Å². The number of aryl methyl sites for hydroxylation is 2. The van der Waals surface area contributed by atoms with E-state index in [4.69, 9.17) is 9.47 Å². The second-order valence-electron chi connectivity index (χ2n) is 11.3. The molecule has 0 bridgehead atoms. The summed E-state index contributed by atoms with van der Waals surface area (Å²) >= 11 is 0. The van der Waals surface area contributed by atoms with Crippen molar-refractivity contribution in [1.82, 2.24) is 4.90 Å². The summed E-state index contributed by atoms with van der Waals surface area (Å²) in [7, 11) is 1.60. The van der Waals surface area contributed by atoms with Crippen LogP contribution >= 0.6 is 0 Å². The van der Waals surface area contributed by atoms with Crippen molar-refractivity contribution in [3.05, 3.63) is 75.9 Å². The monoisotopic (exact) mass is 529 g/mol. The Hall–Kier alpha value is -3.38. The van der Waals surface area contributed by atoms with E-state index in [1.54, 1.807) is 7.05 Å². The zero-order chi connectivity index (χ0) is 27.7. The summed E-state index contributed by atoms with van der Waals surface area (Å²) in [5, 5.41) is 10.2. The van der Waals surface area contributed by atoms with Crippen LogP contribution in [0.2, 0.25) is 0 Å². The van der Waals surface area contributed by atoms with E-state index in [9.17, 15) is 14.7 Å². The molecule has 0 unspecified atom stereocenters. The van der Waals surface area contributed by atoms with Gasteiger partial charge in [-0.2, -0.15) is 0 Å². The van der Waals surface area contributed by atoms with Crippen molar-refractivity contribution in [1.29, 1.82) is 0 Å². The Morgan fingerprint density at radius 3 is 2.49 bits per heavy atom. The number of rotatable bonds is 9. The van der Waals surface area contributed by atoms with Crippen molar-refractivity contribution < 1.29 is 24.2 Å². The minimum atomic E-state index is -0.337. The first-order valence-electron chi connectivity index (χ1n) is 14.1. The SMILES string of the molecule is CCC/C(=C\c1cc(C)c(O)c(C)c1)CC[C@H]1OC[C@H]2C1=C(COc1ccccc1)C[C@H]1C(=O)N(C)C(=O)[C@H]12. The number of imide groups is 1. The van der Waals surface area contributed by atoms with Crippen LogP contribution in [0.3, 0.4) is 0 Å². The van der Waals surface area contributed by atoms with Gasteiger partial charge in [-0.1, -0.05) is 43.2 Å². The highest BCUT2D eigenvalue weighted by Crippen LogP contribution is 2.49. The first-order valence-corrected chi connectivity index (χ1v) is 14.1. The number of nitrogens with zero attached hydrogens (tertiary/aromatic N) is 1. The summed E-state index contributed by atoms with van der Waals surface area (Å²) in [6, 6.07) is 13.8. The summed E-state index contributed by atoms with van der Waals surface area (Å²) in [6.45, 7) is 6.91. The van der Waals surface area contributed by atoms with Crippen LogP contribution in [0, 0.1) is 31.6 Å². The van der Waals surface area contributed by atoms with E-state index in [1.165, 1.54) is 16.0 Å². The number of allylic oxidation sites excluding steroid dienone is 1. The van der Waals surface area contributed by atoms with Crippen LogP contribution in [0.25, 0.3) is 6.08 Å². The summed E-state index contributed by atoms with van der Waals surface area (Å²) in [5.74, 6) is 0.236. The van der Waals surface area contributed by atoms with Crippen molar-refractivity contribution in [2.24, 2.45) is 17.8 Å². The molecule has 39 heavy (non-hydrogen) atoms. The van der Waals surface area contributed by atoms with Gasteiger partial charge in [0.05, 0.1) is 24.5 Å². The maximum Gasteiger partial charge on any atom is 0.233 e. The van der Waals surface area contributed by atoms with Gasteiger partial charge in [0.1, 0.15) is 18.1 Å². The fraction of sp³-hybridized carbons (Fsp3) is 0.455. The zero-order valence-electron chi connectivity index (χ0n) is 23.4. The number of phenolic OH excluding ortho intramolecular Hbond substituents is 1. The predicted molar refractivity (Wildman–Crippen MR) is 151 cm³/mol. The highest BCUT2D eigenvalue weighted by Gasteiger charge is 2.56. The molecule has 1 N–H and O–H groups in total. The Bertz CT molecular complexity index is 1290. The van der Waals surface area contributed by atoms with Gasteiger partial charge in [0, 0.05) is 13.0 Å². The number of likely N-dealkylation sites (tertiary alicyclic amines) is 1. The number of hydrogen-bond donors (Lipinski definition) is 1. The Morgan fingerprint density at radius 1 is 1.08 bits per heavy atom. The lowest BCUT2D eigenvalue weighted by atomic mass is 9.69. The van der Waals surface area contributed by atoms with Crippen LogP contribution in [0.15, 0.2) is 59.2 Å². The third-order valence-electron chi connectivity index (χ3n) is 8.57. The maximum absolute atomic E-state index is 13.1. The van der Waals surface area contributed by atoms with E-state index in [1.807, 2.05) is 56.3 Å². The molecule has 2 fully saturated rings. The lowest BCUT2D eigenvalue weighted by Gasteiger charge is -2.32. The quantitative estimate of drug-likeness (QED) is 0.319. The topological polar surface area (TPSA) is 76.1 Å². The van der Waals surface area contributed by atoms with Gasteiger partial charge in [-0.3, -0.25) is 14.5 Å². The van der Waals surface area contributed by atoms with Crippen LogP contribution in [-0.4, -0.2) is 48.2 Å². The molecule has 2 aliphatic heterocycles. The van der Waals surface area contributed by atoms with Gasteiger partial charge in [-0.15, -0.1) is 0 Å². The summed E-state index contributed by atoms with van der Waals surface area (Å²) < 4.78 is 12.5. The summed E-state index contributed by atoms with van der Waals surface area (Å²) in [5.41, 5.74) is 6.49. The molecule has 0 aromatic heterocycles. The van der Waals surface area contributed by atoms with Gasteiger partial charge in [-0.05, 0) is 91.6 Å². The molecule has 206 valence electrons. The lowest BCUT2D eigenvalue weighted by molar-refractivity contribution is -0.138. The average molecular weight is 530 g/mol. The summed E-state index contributed by atoms with van der Waals surface area (Å²) in [6.07, 6.45) is 6.42. The standard InChI is InChI=1S/C33H39NO5/c1-5-9-22(16-23-14-20(2)31(35)21(3)15-23)12-13-28-29-24(18-38-25-10-7-6-8-11-25)17-26-30(27(29)19-39-28)33(37)34(4)32(26)36/h6-8,10-11,14-16,26-28,30,35H,5,9,12-13,17-19H2,1-4H3/b22-16+/t26-,27+,28-,30-/m1/s1. The number of benzene rings is 2. The lowest BCUT2D eigenvalue weighted by Crippen LogP contribution is -2.35. The van der Waals surface area contributed by atoms with Crippen LogP contribution in [-0.2, 0) is 14.3 Å². The van der Waals surface area contributed by atoms with E-state index in [2.05, 4.69) is 13.0 Å². The molecule has 2 aromatic carbocycles. The van der Waals surface area contributed by atoms with E-state index in [0.29, 0.717) is 25.4 Å². The fourth-order valence-corrected chi connectivity index (χ4v) is 6.67. The average Bonchev–Trinajstić information content (AvgIpc) is 3.44. The molecule has 3 aliphatic rings. The van der Waals surface area contributed by atoms with E-state index >= 15 is 0 Å². The van der Waals surface area contributed by atoms with Crippen LogP contribution in [0.4, 0.5) is 0 Å². The molecule has 0 saturated carbocycles. The largest absolute Gasteiger partial charge is 0.507 e. The molecular weight excluding hydrogens is 490 g/mol. The third kappa shape index (κ3) is 5.40. The van der Waals surface area contributed by atoms with Crippen molar-refractivity contribution in [3.8, 4) is 11.5 Å². The summed E-state index contributed by atoms with van der Waals surface area (Å²) in [4.78, 5) is 27.3. The van der Waals surface area contributed by atoms with Crippen molar-refractivity contribution in [2.75, 3.05) is 20.3 Å². The highest BCUT2D eigenvalue weighted by molar-refractivity contribution is 6.05. The van der Waals surface area contributed by atoms with Gasteiger partial charge >= 0.3 is 0 Å². The first kappa shape index (κ1) is 27.2. The first-order chi connectivity index (χ1) is 18.8. The molecule has 1 aliphatic carbocycles. The molecular formula is C33H39NO5. The molecule has 2 amide bonds. The molecule has 6 nitrogen and oxygen atoms in total.